The van der Waals surface area contributed by atoms with Crippen LogP contribution in [0.15, 0.2) is 23.3 Å². The third-order valence-corrected chi connectivity index (χ3v) is 2.39. The molecule has 0 atom stereocenters. The summed E-state index contributed by atoms with van der Waals surface area (Å²) in [7, 11) is 0. The van der Waals surface area contributed by atoms with Crippen molar-refractivity contribution in [1.29, 1.82) is 10.7 Å². The molecule has 0 fully saturated rings. The Bertz CT molecular complexity index is 457. The minimum absolute atomic E-state index is 0.0373. The second kappa shape index (κ2) is 5.72. The number of aliphatic imine (C=N–C) groups is 1. The van der Waals surface area contributed by atoms with Gasteiger partial charge >= 0.3 is 0 Å². The first-order valence-electron chi connectivity index (χ1n) is 4.28. The fourth-order valence-electron chi connectivity index (χ4n) is 0.926. The van der Waals surface area contributed by atoms with E-state index in [1.54, 1.807) is 18.3 Å². The highest BCUT2D eigenvalue weighted by atomic mass is 32.2. The minimum atomic E-state index is -0.134. The summed E-state index contributed by atoms with van der Waals surface area (Å²) in [6, 6.07) is 5.38. The number of pyridine rings is 1. The standard InChI is InChI=1S/C9H10N6S/c10-4-7-3-6(1-2-14-7)5-16-9(13)15-8(11)12/h1-3H,5H2,(H5,11,12,13,15). The van der Waals surface area contributed by atoms with Crippen molar-refractivity contribution in [2.24, 2.45) is 16.5 Å². The lowest BCUT2D eigenvalue weighted by molar-refractivity contribution is 1.22. The minimum Gasteiger partial charge on any atom is -0.370 e. The molecule has 1 aromatic rings. The SMILES string of the molecule is N#Cc1cc(CSC(=N)N=C(N)N)ccn1. The summed E-state index contributed by atoms with van der Waals surface area (Å²) in [5.41, 5.74) is 11.5. The number of nitrogens with zero attached hydrogens (tertiary/aromatic N) is 3. The quantitative estimate of drug-likeness (QED) is 0.504. The van der Waals surface area contributed by atoms with Crippen LogP contribution in [0.25, 0.3) is 0 Å². The van der Waals surface area contributed by atoms with Crippen molar-refractivity contribution in [3.05, 3.63) is 29.6 Å². The Hall–Kier alpha value is -2.07. The van der Waals surface area contributed by atoms with E-state index in [2.05, 4.69) is 9.98 Å². The Kier molecular flexibility index (Phi) is 4.29. The number of guanidine groups is 1. The molecule has 0 aliphatic heterocycles. The van der Waals surface area contributed by atoms with Gasteiger partial charge in [0.15, 0.2) is 11.1 Å². The zero-order valence-electron chi connectivity index (χ0n) is 8.34. The molecule has 0 aliphatic rings. The molecular weight excluding hydrogens is 224 g/mol. The van der Waals surface area contributed by atoms with Crippen molar-refractivity contribution in [3.8, 4) is 6.07 Å². The highest BCUT2D eigenvalue weighted by Crippen LogP contribution is 2.13. The number of nitriles is 1. The molecule has 0 unspecified atom stereocenters. The van der Waals surface area contributed by atoms with E-state index >= 15 is 0 Å². The predicted octanol–water partition coefficient (Wildman–Crippen LogP) is 0.395. The Morgan fingerprint density at radius 3 is 3.00 bits per heavy atom. The summed E-state index contributed by atoms with van der Waals surface area (Å²) < 4.78 is 0. The molecule has 16 heavy (non-hydrogen) atoms. The smallest absolute Gasteiger partial charge is 0.193 e. The van der Waals surface area contributed by atoms with Crippen molar-refractivity contribution < 1.29 is 0 Å². The van der Waals surface area contributed by atoms with Gasteiger partial charge < -0.3 is 11.5 Å². The van der Waals surface area contributed by atoms with E-state index in [1.807, 2.05) is 6.07 Å². The summed E-state index contributed by atoms with van der Waals surface area (Å²) in [5.74, 6) is 0.386. The molecule has 0 bridgehead atoms. The molecule has 7 heteroatoms. The van der Waals surface area contributed by atoms with Crippen molar-refractivity contribution in [3.63, 3.8) is 0 Å². The number of nitrogens with one attached hydrogen (secondary N) is 1. The van der Waals surface area contributed by atoms with Crippen LogP contribution in [0.5, 0.6) is 0 Å². The van der Waals surface area contributed by atoms with Gasteiger partial charge in [-0.1, -0.05) is 11.8 Å². The summed E-state index contributed by atoms with van der Waals surface area (Å²) in [5, 5.41) is 16.1. The maximum Gasteiger partial charge on any atom is 0.193 e. The van der Waals surface area contributed by atoms with Gasteiger partial charge in [0.25, 0.3) is 0 Å². The third-order valence-electron chi connectivity index (χ3n) is 1.55. The van der Waals surface area contributed by atoms with E-state index < -0.39 is 0 Å². The second-order valence-corrected chi connectivity index (χ2v) is 3.76. The van der Waals surface area contributed by atoms with E-state index in [0.29, 0.717) is 11.4 Å². The van der Waals surface area contributed by atoms with Crippen molar-refractivity contribution in [2.45, 2.75) is 5.75 Å². The van der Waals surface area contributed by atoms with Gasteiger partial charge in [0.2, 0.25) is 0 Å². The molecule has 82 valence electrons. The molecule has 0 amide bonds. The number of hydrogen-bond acceptors (Lipinski definition) is 4. The highest BCUT2D eigenvalue weighted by Gasteiger charge is 2.00. The molecule has 6 nitrogen and oxygen atoms in total. The largest absolute Gasteiger partial charge is 0.370 e. The summed E-state index contributed by atoms with van der Waals surface area (Å²) >= 11 is 1.18. The molecule has 5 N–H and O–H groups in total. The summed E-state index contributed by atoms with van der Waals surface area (Å²) in [6.07, 6.45) is 1.55. The van der Waals surface area contributed by atoms with Crippen LogP contribution in [-0.2, 0) is 5.75 Å². The van der Waals surface area contributed by atoms with Crippen LogP contribution in [0.3, 0.4) is 0 Å². The Balaban J connectivity index is 2.59. The van der Waals surface area contributed by atoms with Crippen molar-refractivity contribution >= 4 is 22.9 Å². The van der Waals surface area contributed by atoms with Crippen LogP contribution in [-0.4, -0.2) is 16.1 Å². The number of rotatable bonds is 2. The Morgan fingerprint density at radius 2 is 2.38 bits per heavy atom. The molecule has 1 aromatic heterocycles. The fourth-order valence-corrected chi connectivity index (χ4v) is 1.58. The van der Waals surface area contributed by atoms with Crippen LogP contribution in [0.1, 0.15) is 11.3 Å². The first-order valence-corrected chi connectivity index (χ1v) is 5.26. The van der Waals surface area contributed by atoms with E-state index in [9.17, 15) is 0 Å². The van der Waals surface area contributed by atoms with E-state index in [0.717, 1.165) is 5.56 Å². The van der Waals surface area contributed by atoms with Crippen LogP contribution < -0.4 is 11.5 Å². The molecule has 0 radical (unpaired) electrons. The van der Waals surface area contributed by atoms with E-state index in [1.165, 1.54) is 11.8 Å². The lowest BCUT2D eigenvalue weighted by atomic mass is 10.2. The van der Waals surface area contributed by atoms with Crippen LogP contribution in [0, 0.1) is 16.7 Å². The first kappa shape index (κ1) is 12.0. The number of aromatic nitrogens is 1. The maximum atomic E-state index is 8.64. The lowest BCUT2D eigenvalue weighted by Gasteiger charge is -2.00. The molecule has 0 saturated heterocycles. The normalized spacial score (nSPS) is 9.19. The first-order chi connectivity index (χ1) is 7.61. The molecule has 1 rings (SSSR count). The van der Waals surface area contributed by atoms with Gasteiger partial charge in [0.1, 0.15) is 11.8 Å². The number of thioether (sulfide) groups is 1. The Morgan fingerprint density at radius 1 is 1.62 bits per heavy atom. The van der Waals surface area contributed by atoms with Gasteiger partial charge in [-0.2, -0.15) is 10.3 Å². The highest BCUT2D eigenvalue weighted by molar-refractivity contribution is 8.13. The molecule has 0 aliphatic carbocycles. The monoisotopic (exact) mass is 234 g/mol. The van der Waals surface area contributed by atoms with Gasteiger partial charge in [-0.15, -0.1) is 0 Å². The molecule has 0 aromatic carbocycles. The van der Waals surface area contributed by atoms with Gasteiger partial charge in [0.05, 0.1) is 0 Å². The predicted molar refractivity (Wildman–Crippen MR) is 63.8 cm³/mol. The average molecular weight is 234 g/mol. The van der Waals surface area contributed by atoms with Gasteiger partial charge in [-0.25, -0.2) is 4.98 Å². The lowest BCUT2D eigenvalue weighted by Crippen LogP contribution is -2.23. The van der Waals surface area contributed by atoms with Gasteiger partial charge in [-0.3, -0.25) is 5.41 Å². The average Bonchev–Trinajstić information content (AvgIpc) is 2.26. The molecule has 0 spiro atoms. The van der Waals surface area contributed by atoms with E-state index in [-0.39, 0.29) is 11.1 Å². The topological polar surface area (TPSA) is 125 Å². The zero-order chi connectivity index (χ0) is 12.0. The summed E-state index contributed by atoms with van der Waals surface area (Å²) in [4.78, 5) is 7.41. The number of amidine groups is 1. The summed E-state index contributed by atoms with van der Waals surface area (Å²) in [6.45, 7) is 0. The number of hydrogen-bond donors (Lipinski definition) is 3. The van der Waals surface area contributed by atoms with E-state index in [4.69, 9.17) is 22.1 Å². The Labute approximate surface area is 96.9 Å². The fraction of sp³-hybridized carbons (Fsp3) is 0.111. The van der Waals surface area contributed by atoms with Crippen LogP contribution >= 0.6 is 11.8 Å². The van der Waals surface area contributed by atoms with Gasteiger partial charge in [0, 0.05) is 11.9 Å². The van der Waals surface area contributed by atoms with Crippen molar-refractivity contribution in [2.75, 3.05) is 0 Å². The zero-order valence-corrected chi connectivity index (χ0v) is 9.16. The second-order valence-electron chi connectivity index (χ2n) is 2.79. The molecule has 1 heterocycles. The van der Waals surface area contributed by atoms with Crippen LogP contribution in [0.2, 0.25) is 0 Å². The maximum absolute atomic E-state index is 8.64. The molecular formula is C9H10N6S. The number of nitrogens with two attached hydrogens (primary N) is 2. The van der Waals surface area contributed by atoms with Crippen LogP contribution in [0.4, 0.5) is 0 Å². The third kappa shape index (κ3) is 3.98. The van der Waals surface area contributed by atoms with Crippen molar-refractivity contribution in [1.82, 2.24) is 4.98 Å². The van der Waals surface area contributed by atoms with Gasteiger partial charge in [-0.05, 0) is 17.7 Å². The molecule has 0 saturated carbocycles.